The zero-order chi connectivity index (χ0) is 23.7. The van der Waals surface area contributed by atoms with Gasteiger partial charge in [0.15, 0.2) is 0 Å². The van der Waals surface area contributed by atoms with Gasteiger partial charge in [0, 0.05) is 11.8 Å². The Hall–Kier alpha value is -1.15. The van der Waals surface area contributed by atoms with E-state index in [9.17, 15) is 9.90 Å². The van der Waals surface area contributed by atoms with Crippen molar-refractivity contribution in [2.75, 3.05) is 0 Å². The van der Waals surface area contributed by atoms with Gasteiger partial charge in [-0.2, -0.15) is 0 Å². The quantitative estimate of drug-likeness (QED) is 0.463. The van der Waals surface area contributed by atoms with Gasteiger partial charge in [0.2, 0.25) is 0 Å². The highest BCUT2D eigenvalue weighted by Gasteiger charge is 2.63. The lowest BCUT2D eigenvalue weighted by Gasteiger charge is -2.59. The zero-order valence-corrected chi connectivity index (χ0v) is 21.8. The van der Waals surface area contributed by atoms with Crippen LogP contribution in [0.5, 0.6) is 0 Å². The van der Waals surface area contributed by atoms with Gasteiger partial charge in [-0.25, -0.2) is 0 Å². The van der Waals surface area contributed by atoms with E-state index in [0.717, 1.165) is 32.1 Å². The highest BCUT2D eigenvalue weighted by Crippen LogP contribution is 2.71. The maximum absolute atomic E-state index is 12.8. The average Bonchev–Trinajstić information content (AvgIpc) is 3.00. The lowest BCUT2D eigenvalue weighted by molar-refractivity contribution is -0.138. The van der Waals surface area contributed by atoms with Crippen LogP contribution in [-0.2, 0) is 4.79 Å². The molecule has 4 rings (SSSR count). The topological polar surface area (TPSA) is 37.3 Å². The van der Waals surface area contributed by atoms with E-state index in [0.29, 0.717) is 23.5 Å². The summed E-state index contributed by atoms with van der Waals surface area (Å²) in [5.41, 5.74) is 4.64. The Morgan fingerprint density at radius 2 is 1.81 bits per heavy atom. The van der Waals surface area contributed by atoms with Gasteiger partial charge in [0.1, 0.15) is 5.78 Å². The molecular weight excluding hydrogens is 392 g/mol. The second-order valence-electron chi connectivity index (χ2n) is 13.1. The largest absolute Gasteiger partial charge is 0.393 e. The number of rotatable bonds is 4. The molecule has 0 heterocycles. The summed E-state index contributed by atoms with van der Waals surface area (Å²) in [6.07, 6.45) is 14.0. The van der Waals surface area contributed by atoms with Gasteiger partial charge in [-0.05, 0) is 97.5 Å². The molecule has 1 N–H and O–H groups in total. The molecule has 0 spiro atoms. The average molecular weight is 439 g/mol. The number of aliphatic hydroxyl groups excluding tert-OH is 1. The Labute approximate surface area is 196 Å². The van der Waals surface area contributed by atoms with E-state index < -0.39 is 0 Å². The van der Waals surface area contributed by atoms with Gasteiger partial charge in [-0.3, -0.25) is 4.79 Å². The van der Waals surface area contributed by atoms with E-state index >= 15 is 0 Å². The van der Waals surface area contributed by atoms with Crippen LogP contribution in [0.15, 0.2) is 34.9 Å². The molecule has 7 atom stereocenters. The minimum atomic E-state index is -0.271. The minimum absolute atomic E-state index is 0.110. The summed E-state index contributed by atoms with van der Waals surface area (Å²) in [6.45, 7) is 18.4. The molecule has 0 aliphatic heterocycles. The number of ketones is 1. The standard InChI is InChI=1S/C30H46O2/c1-19(2)9-11-24(31)20(3)21-13-17-30(8)23-10-12-25-27(4,5)26(32)15-16-28(25,6)22(23)14-18-29(21,30)7/h9-10,14,20-21,24-25,31H,11-13,15-18H2,1-8H3. The van der Waals surface area contributed by atoms with Crippen molar-refractivity contribution >= 4 is 5.78 Å². The van der Waals surface area contributed by atoms with Crippen LogP contribution in [0.2, 0.25) is 0 Å². The Morgan fingerprint density at radius 1 is 1.12 bits per heavy atom. The second kappa shape index (κ2) is 7.69. The van der Waals surface area contributed by atoms with E-state index in [1.165, 1.54) is 18.4 Å². The SMILES string of the molecule is CC(C)=CCC(O)C(C)C1CCC2(C)C3=CCC4C(C)(C)C(=O)CCC4(C)C3=CCC12C. The predicted molar refractivity (Wildman–Crippen MR) is 133 cm³/mol. The summed E-state index contributed by atoms with van der Waals surface area (Å²) in [4.78, 5) is 12.8. The van der Waals surface area contributed by atoms with E-state index in [-0.39, 0.29) is 27.8 Å². The monoisotopic (exact) mass is 438 g/mol. The number of Topliss-reactive ketones (excluding diaryl/α,β-unsaturated/α-hetero) is 1. The van der Waals surface area contributed by atoms with Crippen LogP contribution >= 0.6 is 0 Å². The van der Waals surface area contributed by atoms with E-state index in [1.807, 2.05) is 0 Å². The van der Waals surface area contributed by atoms with E-state index in [2.05, 4.69) is 73.6 Å². The van der Waals surface area contributed by atoms with Crippen molar-refractivity contribution in [3.05, 3.63) is 34.9 Å². The maximum Gasteiger partial charge on any atom is 0.138 e. The highest BCUT2D eigenvalue weighted by molar-refractivity contribution is 5.86. The molecule has 2 fully saturated rings. The second-order valence-corrected chi connectivity index (χ2v) is 13.1. The molecule has 0 amide bonds. The first-order valence-corrected chi connectivity index (χ1v) is 13.1. The summed E-state index contributed by atoms with van der Waals surface area (Å²) in [7, 11) is 0. The molecule has 178 valence electrons. The number of hydrogen-bond acceptors (Lipinski definition) is 2. The molecule has 4 aliphatic rings. The van der Waals surface area contributed by atoms with Crippen LogP contribution in [0.4, 0.5) is 0 Å². The van der Waals surface area contributed by atoms with Gasteiger partial charge in [0.25, 0.3) is 0 Å². The molecule has 7 unspecified atom stereocenters. The number of fused-ring (bicyclic) bond motifs is 5. The highest BCUT2D eigenvalue weighted by atomic mass is 16.3. The predicted octanol–water partition coefficient (Wildman–Crippen LogP) is 7.43. The fourth-order valence-corrected chi connectivity index (χ4v) is 8.53. The van der Waals surface area contributed by atoms with Crippen LogP contribution in [0.25, 0.3) is 0 Å². The summed E-state index contributed by atoms with van der Waals surface area (Å²) in [5.74, 6) is 1.68. The fraction of sp³-hybridized carbons (Fsp3) is 0.767. The first-order valence-electron chi connectivity index (χ1n) is 13.1. The van der Waals surface area contributed by atoms with Crippen LogP contribution in [0.3, 0.4) is 0 Å². The van der Waals surface area contributed by atoms with Gasteiger partial charge < -0.3 is 5.11 Å². The van der Waals surface area contributed by atoms with Crippen molar-refractivity contribution in [1.82, 2.24) is 0 Å². The molecule has 2 saturated carbocycles. The molecule has 32 heavy (non-hydrogen) atoms. The molecule has 0 aromatic rings. The molecule has 4 aliphatic carbocycles. The van der Waals surface area contributed by atoms with Crippen molar-refractivity contribution in [2.24, 2.45) is 39.4 Å². The van der Waals surface area contributed by atoms with Crippen molar-refractivity contribution in [3.63, 3.8) is 0 Å². The first-order chi connectivity index (χ1) is 14.8. The third kappa shape index (κ3) is 3.18. The third-order valence-electron chi connectivity index (χ3n) is 11.1. The van der Waals surface area contributed by atoms with Crippen LogP contribution in [0.1, 0.15) is 100 Å². The normalized spacial score (nSPS) is 42.1. The Morgan fingerprint density at radius 3 is 2.47 bits per heavy atom. The van der Waals surface area contributed by atoms with Gasteiger partial charge >= 0.3 is 0 Å². The Kier molecular flexibility index (Phi) is 5.76. The minimum Gasteiger partial charge on any atom is -0.393 e. The van der Waals surface area contributed by atoms with Gasteiger partial charge in [0.05, 0.1) is 6.10 Å². The number of aliphatic hydroxyl groups is 1. The molecule has 0 aromatic carbocycles. The van der Waals surface area contributed by atoms with Crippen molar-refractivity contribution in [2.45, 2.75) is 106 Å². The molecule has 0 bridgehead atoms. The van der Waals surface area contributed by atoms with Crippen LogP contribution in [0, 0.1) is 39.4 Å². The zero-order valence-electron chi connectivity index (χ0n) is 21.8. The summed E-state index contributed by atoms with van der Waals surface area (Å²) in [5, 5.41) is 11.0. The summed E-state index contributed by atoms with van der Waals surface area (Å²) in [6, 6.07) is 0. The number of allylic oxidation sites excluding steroid dienone is 5. The lowest BCUT2D eigenvalue weighted by atomic mass is 9.44. The number of carbonyl (C=O) groups is 1. The van der Waals surface area contributed by atoms with Crippen LogP contribution < -0.4 is 0 Å². The number of hydrogen-bond donors (Lipinski definition) is 1. The first kappa shape index (κ1) is 24.0. The van der Waals surface area contributed by atoms with Crippen molar-refractivity contribution < 1.29 is 9.90 Å². The maximum atomic E-state index is 12.8. The fourth-order valence-electron chi connectivity index (χ4n) is 8.53. The van der Waals surface area contributed by atoms with E-state index in [1.54, 1.807) is 11.1 Å². The summed E-state index contributed by atoms with van der Waals surface area (Å²) < 4.78 is 0. The third-order valence-corrected chi connectivity index (χ3v) is 11.1. The summed E-state index contributed by atoms with van der Waals surface area (Å²) >= 11 is 0. The molecular formula is C30H46O2. The molecule has 2 heteroatoms. The molecule has 0 saturated heterocycles. The van der Waals surface area contributed by atoms with Crippen molar-refractivity contribution in [1.29, 1.82) is 0 Å². The van der Waals surface area contributed by atoms with Crippen molar-refractivity contribution in [3.8, 4) is 0 Å². The lowest BCUT2D eigenvalue weighted by Crippen LogP contribution is -2.53. The molecule has 2 nitrogen and oxygen atoms in total. The smallest absolute Gasteiger partial charge is 0.138 e. The van der Waals surface area contributed by atoms with E-state index in [4.69, 9.17) is 0 Å². The Bertz CT molecular complexity index is 885. The van der Waals surface area contributed by atoms with Gasteiger partial charge in [-0.15, -0.1) is 0 Å². The van der Waals surface area contributed by atoms with Gasteiger partial charge in [-0.1, -0.05) is 65.3 Å². The Balaban J connectivity index is 1.68. The molecule has 0 aromatic heterocycles. The van der Waals surface area contributed by atoms with Crippen LogP contribution in [-0.4, -0.2) is 17.0 Å². The number of carbonyl (C=O) groups excluding carboxylic acids is 1. The molecule has 0 radical (unpaired) electrons.